The molecule has 2 aliphatic heterocycles. The first-order valence-corrected chi connectivity index (χ1v) is 13.7. The van der Waals surface area contributed by atoms with Gasteiger partial charge in [-0.2, -0.15) is 0 Å². The van der Waals surface area contributed by atoms with Crippen molar-refractivity contribution in [2.75, 3.05) is 33.0 Å². The zero-order chi connectivity index (χ0) is 26.6. The van der Waals surface area contributed by atoms with E-state index in [4.69, 9.17) is 14.2 Å². The molecule has 0 fully saturated rings. The number of hydrogen-bond donors (Lipinski definition) is 0. The van der Waals surface area contributed by atoms with Crippen LogP contribution in [0.5, 0.6) is 17.2 Å². The standard InChI is InChI=1S/C29H31FN2O5S/c1-19(2)9-12-31(29(34)20-3-8-25-26(15-20)37-18-36-25)16-28(33)32-13-10-27-23(11-14-38-27)24(32)17-35-22-6-4-21(30)5-7-22/h3-8,11,14-15,19,24H,9-10,12-13,16-18H2,1-2H3/t24-/m1/s1. The molecule has 9 heteroatoms. The Kier molecular flexibility index (Phi) is 7.83. The second kappa shape index (κ2) is 11.4. The van der Waals surface area contributed by atoms with E-state index in [1.54, 1.807) is 46.6 Å². The molecule has 0 saturated heterocycles. The first-order valence-electron chi connectivity index (χ1n) is 12.8. The predicted octanol–water partition coefficient (Wildman–Crippen LogP) is 5.31. The Labute approximate surface area is 225 Å². The van der Waals surface area contributed by atoms with Crippen molar-refractivity contribution in [3.63, 3.8) is 0 Å². The number of amides is 2. The van der Waals surface area contributed by atoms with Gasteiger partial charge in [0.1, 0.15) is 24.7 Å². The zero-order valence-corrected chi connectivity index (χ0v) is 22.3. The minimum Gasteiger partial charge on any atom is -0.491 e. The maximum atomic E-state index is 13.8. The molecule has 0 radical (unpaired) electrons. The lowest BCUT2D eigenvalue weighted by atomic mass is 10.00. The summed E-state index contributed by atoms with van der Waals surface area (Å²) in [7, 11) is 0. The molecule has 3 heterocycles. The summed E-state index contributed by atoms with van der Waals surface area (Å²) in [5.41, 5.74) is 1.52. The molecule has 3 aromatic rings. The Balaban J connectivity index is 1.34. The summed E-state index contributed by atoms with van der Waals surface area (Å²) in [5.74, 6) is 1.37. The van der Waals surface area contributed by atoms with Crippen LogP contribution in [0.3, 0.4) is 0 Å². The monoisotopic (exact) mass is 538 g/mol. The van der Waals surface area contributed by atoms with Gasteiger partial charge in [-0.3, -0.25) is 9.59 Å². The van der Waals surface area contributed by atoms with Gasteiger partial charge in [-0.1, -0.05) is 13.8 Å². The molecule has 0 bridgehead atoms. The van der Waals surface area contributed by atoms with E-state index in [9.17, 15) is 14.0 Å². The Morgan fingerprint density at radius 1 is 1.13 bits per heavy atom. The van der Waals surface area contributed by atoms with Gasteiger partial charge in [-0.15, -0.1) is 11.3 Å². The third-order valence-electron chi connectivity index (χ3n) is 6.85. The first kappa shape index (κ1) is 26.0. The Bertz CT molecular complexity index is 1290. The number of carbonyl (C=O) groups is 2. The second-order valence-electron chi connectivity index (χ2n) is 9.89. The van der Waals surface area contributed by atoms with Crippen LogP contribution in [0.25, 0.3) is 0 Å². The van der Waals surface area contributed by atoms with E-state index in [0.29, 0.717) is 41.8 Å². The molecular formula is C29H31FN2O5S. The molecule has 2 amide bonds. The van der Waals surface area contributed by atoms with Gasteiger partial charge in [0.2, 0.25) is 12.7 Å². The molecule has 0 unspecified atom stereocenters. The van der Waals surface area contributed by atoms with Gasteiger partial charge < -0.3 is 24.0 Å². The topological polar surface area (TPSA) is 68.3 Å². The van der Waals surface area contributed by atoms with E-state index in [0.717, 1.165) is 18.4 Å². The Hall–Kier alpha value is -3.59. The molecule has 5 rings (SSSR count). The normalized spacial score (nSPS) is 15.9. The zero-order valence-electron chi connectivity index (χ0n) is 21.5. The van der Waals surface area contributed by atoms with Crippen LogP contribution in [0.15, 0.2) is 53.9 Å². The molecule has 38 heavy (non-hydrogen) atoms. The smallest absolute Gasteiger partial charge is 0.254 e. The number of hydrogen-bond acceptors (Lipinski definition) is 6. The highest BCUT2D eigenvalue weighted by Gasteiger charge is 2.34. The van der Waals surface area contributed by atoms with Crippen molar-refractivity contribution in [2.45, 2.75) is 32.7 Å². The fourth-order valence-corrected chi connectivity index (χ4v) is 5.64. The van der Waals surface area contributed by atoms with E-state index in [1.807, 2.05) is 16.3 Å². The molecular weight excluding hydrogens is 507 g/mol. The first-order chi connectivity index (χ1) is 18.4. The maximum absolute atomic E-state index is 13.8. The van der Waals surface area contributed by atoms with Gasteiger partial charge in [0.25, 0.3) is 5.91 Å². The van der Waals surface area contributed by atoms with Crippen LogP contribution in [0.2, 0.25) is 0 Å². The number of nitrogens with zero attached hydrogens (tertiary/aromatic N) is 2. The molecule has 0 saturated carbocycles. The molecule has 1 atom stereocenters. The van der Waals surface area contributed by atoms with E-state index < -0.39 is 0 Å². The molecule has 2 aliphatic rings. The lowest BCUT2D eigenvalue weighted by molar-refractivity contribution is -0.135. The lowest BCUT2D eigenvalue weighted by Crippen LogP contribution is -2.48. The molecule has 0 N–H and O–H groups in total. The van der Waals surface area contributed by atoms with Gasteiger partial charge in [0, 0.05) is 23.5 Å². The SMILES string of the molecule is CC(C)CCN(CC(=O)N1CCc2sccc2[C@H]1COc1ccc(F)cc1)C(=O)c1ccc2c(c1)OCO2. The number of carbonyl (C=O) groups excluding carboxylic acids is 2. The van der Waals surface area contributed by atoms with E-state index >= 15 is 0 Å². The summed E-state index contributed by atoms with van der Waals surface area (Å²) in [6.07, 6.45) is 1.53. The number of ether oxygens (including phenoxy) is 3. The minimum absolute atomic E-state index is 0.0352. The third-order valence-corrected chi connectivity index (χ3v) is 7.84. The van der Waals surface area contributed by atoms with Crippen molar-refractivity contribution in [2.24, 2.45) is 5.92 Å². The van der Waals surface area contributed by atoms with Crippen LogP contribution >= 0.6 is 11.3 Å². The van der Waals surface area contributed by atoms with Crippen LogP contribution in [0, 0.1) is 11.7 Å². The van der Waals surface area contributed by atoms with Crippen molar-refractivity contribution in [3.05, 3.63) is 75.7 Å². The summed E-state index contributed by atoms with van der Waals surface area (Å²) < 4.78 is 30.2. The number of fused-ring (bicyclic) bond motifs is 2. The van der Waals surface area contributed by atoms with E-state index in [2.05, 4.69) is 13.8 Å². The van der Waals surface area contributed by atoms with Gasteiger partial charge in [-0.05, 0) is 78.2 Å². The van der Waals surface area contributed by atoms with Crippen LogP contribution in [-0.2, 0) is 11.2 Å². The number of rotatable bonds is 9. The average molecular weight is 539 g/mol. The van der Waals surface area contributed by atoms with Crippen LogP contribution in [0.4, 0.5) is 4.39 Å². The molecule has 7 nitrogen and oxygen atoms in total. The maximum Gasteiger partial charge on any atom is 0.254 e. The number of halogens is 1. The fourth-order valence-electron chi connectivity index (χ4n) is 4.71. The highest BCUT2D eigenvalue weighted by molar-refractivity contribution is 7.10. The molecule has 0 aliphatic carbocycles. The van der Waals surface area contributed by atoms with Crippen LogP contribution in [0.1, 0.15) is 47.1 Å². The average Bonchev–Trinajstić information content (AvgIpc) is 3.59. The van der Waals surface area contributed by atoms with Crippen molar-refractivity contribution < 1.29 is 28.2 Å². The number of benzene rings is 2. The van der Waals surface area contributed by atoms with E-state index in [-0.39, 0.29) is 43.6 Å². The van der Waals surface area contributed by atoms with Crippen molar-refractivity contribution in [1.82, 2.24) is 9.80 Å². The summed E-state index contributed by atoms with van der Waals surface area (Å²) in [6, 6.07) is 12.7. The quantitative estimate of drug-likeness (QED) is 0.370. The number of thiophene rings is 1. The fraction of sp³-hybridized carbons (Fsp3) is 0.379. The molecule has 2 aromatic carbocycles. The third kappa shape index (κ3) is 5.78. The summed E-state index contributed by atoms with van der Waals surface area (Å²) in [5, 5.41) is 2.03. The summed E-state index contributed by atoms with van der Waals surface area (Å²) >= 11 is 1.67. The van der Waals surface area contributed by atoms with Gasteiger partial charge in [-0.25, -0.2) is 4.39 Å². The highest BCUT2D eigenvalue weighted by Crippen LogP contribution is 2.35. The Morgan fingerprint density at radius 3 is 2.71 bits per heavy atom. The molecule has 0 spiro atoms. The summed E-state index contributed by atoms with van der Waals surface area (Å²) in [6.45, 7) is 5.53. The van der Waals surface area contributed by atoms with Crippen LogP contribution in [-0.4, -0.2) is 54.6 Å². The van der Waals surface area contributed by atoms with Crippen LogP contribution < -0.4 is 14.2 Å². The van der Waals surface area contributed by atoms with Crippen molar-refractivity contribution in [3.8, 4) is 17.2 Å². The van der Waals surface area contributed by atoms with Gasteiger partial charge in [0.05, 0.1) is 6.04 Å². The second-order valence-corrected chi connectivity index (χ2v) is 10.9. The van der Waals surface area contributed by atoms with E-state index in [1.165, 1.54) is 17.0 Å². The molecule has 200 valence electrons. The lowest BCUT2D eigenvalue weighted by Gasteiger charge is -2.37. The Morgan fingerprint density at radius 2 is 1.92 bits per heavy atom. The van der Waals surface area contributed by atoms with Crippen molar-refractivity contribution in [1.29, 1.82) is 0 Å². The van der Waals surface area contributed by atoms with Gasteiger partial charge in [0.15, 0.2) is 11.5 Å². The van der Waals surface area contributed by atoms with Gasteiger partial charge >= 0.3 is 0 Å². The summed E-state index contributed by atoms with van der Waals surface area (Å²) in [4.78, 5) is 32.0. The largest absolute Gasteiger partial charge is 0.491 e. The molecule has 1 aromatic heterocycles. The highest BCUT2D eigenvalue weighted by atomic mass is 32.1. The minimum atomic E-state index is -0.333. The predicted molar refractivity (Wildman–Crippen MR) is 142 cm³/mol. The van der Waals surface area contributed by atoms with Crippen molar-refractivity contribution >= 4 is 23.2 Å².